The van der Waals surface area contributed by atoms with Gasteiger partial charge in [-0.05, 0) is 74.8 Å². The van der Waals surface area contributed by atoms with E-state index in [0.29, 0.717) is 35.6 Å². The third-order valence-electron chi connectivity index (χ3n) is 7.16. The molecule has 10 heteroatoms. The van der Waals surface area contributed by atoms with E-state index in [1.165, 1.54) is 6.08 Å². The van der Waals surface area contributed by atoms with Gasteiger partial charge in [-0.3, -0.25) is 14.2 Å². The molecular formula is C35H40N6O4. The highest BCUT2D eigenvalue weighted by Crippen LogP contribution is 2.36. The summed E-state index contributed by atoms with van der Waals surface area (Å²) in [5.41, 5.74) is 11.0. The van der Waals surface area contributed by atoms with Gasteiger partial charge in [0, 0.05) is 53.3 Å². The van der Waals surface area contributed by atoms with Crippen LogP contribution in [-0.2, 0) is 14.3 Å². The van der Waals surface area contributed by atoms with E-state index in [1.54, 1.807) is 43.0 Å². The number of carbonyl (C=O) groups is 2. The van der Waals surface area contributed by atoms with E-state index < -0.39 is 18.2 Å². The van der Waals surface area contributed by atoms with E-state index in [-0.39, 0.29) is 11.8 Å². The first-order valence-corrected chi connectivity index (χ1v) is 14.8. The number of nitrogens with one attached hydrogen (secondary N) is 1. The first-order valence-electron chi connectivity index (χ1n) is 14.8. The van der Waals surface area contributed by atoms with Gasteiger partial charge in [0.15, 0.2) is 6.23 Å². The van der Waals surface area contributed by atoms with E-state index in [1.807, 2.05) is 75.4 Å². The molecule has 4 rings (SSSR count). The van der Waals surface area contributed by atoms with Crippen molar-refractivity contribution in [2.75, 3.05) is 33.1 Å². The summed E-state index contributed by atoms with van der Waals surface area (Å²) >= 11 is 0. The van der Waals surface area contributed by atoms with Gasteiger partial charge in [-0.1, -0.05) is 32.1 Å². The number of likely N-dealkylation sites (N-methyl/N-ethyl adjacent to an activating group) is 1. The summed E-state index contributed by atoms with van der Waals surface area (Å²) in [6.45, 7) is 6.42. The van der Waals surface area contributed by atoms with Crippen LogP contribution in [0.1, 0.15) is 39.0 Å². The molecule has 0 aliphatic rings. The van der Waals surface area contributed by atoms with Crippen LogP contribution in [0.5, 0.6) is 5.75 Å². The fraction of sp³-hybridized carbons (Fsp3) is 0.314. The van der Waals surface area contributed by atoms with Crippen LogP contribution in [0.25, 0.3) is 33.3 Å². The normalized spacial score (nSPS) is 12.8. The zero-order chi connectivity index (χ0) is 32.7. The Bertz CT molecular complexity index is 1750. The van der Waals surface area contributed by atoms with Crippen LogP contribution in [0.15, 0.2) is 73.1 Å². The predicted octanol–water partition coefficient (Wildman–Crippen LogP) is 5.74. The van der Waals surface area contributed by atoms with Gasteiger partial charge in [0.25, 0.3) is 0 Å². The van der Waals surface area contributed by atoms with Crippen molar-refractivity contribution in [2.45, 2.75) is 39.5 Å². The van der Waals surface area contributed by atoms with Crippen molar-refractivity contribution in [3.63, 3.8) is 0 Å². The molecule has 2 heterocycles. The van der Waals surface area contributed by atoms with Crippen molar-refractivity contribution in [2.24, 2.45) is 11.7 Å². The van der Waals surface area contributed by atoms with E-state index in [4.69, 9.17) is 20.2 Å². The molecule has 1 amide bonds. The predicted molar refractivity (Wildman–Crippen MR) is 176 cm³/mol. The van der Waals surface area contributed by atoms with Crippen molar-refractivity contribution in [1.82, 2.24) is 14.5 Å². The molecule has 10 nitrogen and oxygen atoms in total. The summed E-state index contributed by atoms with van der Waals surface area (Å²) < 4.78 is 13.1. The molecular weight excluding hydrogens is 568 g/mol. The minimum Gasteiger partial charge on any atom is -0.497 e. The van der Waals surface area contributed by atoms with Crippen LogP contribution in [-0.4, -0.2) is 60.1 Å². The SMILES string of the molecule is COc1cc(NC(=O)/C=C/CN(C)C)cc(-c2cnc3c(c2)c(-c2cccc(C#N)c2)cn3C(C)OC(=O)C(N)CC(C)C)c1. The number of aromatic nitrogens is 2. The number of anilines is 1. The Morgan fingerprint density at radius 2 is 1.89 bits per heavy atom. The van der Waals surface area contributed by atoms with Gasteiger partial charge in [0.2, 0.25) is 5.91 Å². The molecule has 0 saturated heterocycles. The second-order valence-corrected chi connectivity index (χ2v) is 11.6. The molecule has 0 aliphatic heterocycles. The lowest BCUT2D eigenvalue weighted by molar-refractivity contribution is -0.154. The number of nitriles is 1. The van der Waals surface area contributed by atoms with Gasteiger partial charge in [-0.2, -0.15) is 5.26 Å². The van der Waals surface area contributed by atoms with Crippen molar-refractivity contribution in [3.8, 4) is 34.1 Å². The molecule has 4 aromatic rings. The summed E-state index contributed by atoms with van der Waals surface area (Å²) in [5.74, 6) is 0.0838. The van der Waals surface area contributed by atoms with Gasteiger partial charge in [-0.15, -0.1) is 0 Å². The number of nitrogens with two attached hydrogens (primary N) is 1. The Labute approximate surface area is 264 Å². The van der Waals surface area contributed by atoms with Crippen LogP contribution in [0.2, 0.25) is 0 Å². The lowest BCUT2D eigenvalue weighted by Gasteiger charge is -2.19. The smallest absolute Gasteiger partial charge is 0.324 e. The summed E-state index contributed by atoms with van der Waals surface area (Å²) in [6.07, 6.45) is 6.72. The Hall–Kier alpha value is -4.98. The topological polar surface area (TPSA) is 136 Å². The van der Waals surface area contributed by atoms with Gasteiger partial charge < -0.3 is 25.4 Å². The molecule has 45 heavy (non-hydrogen) atoms. The molecule has 234 valence electrons. The minimum absolute atomic E-state index is 0.249. The molecule has 2 aromatic carbocycles. The molecule has 0 saturated carbocycles. The quantitative estimate of drug-likeness (QED) is 0.154. The summed E-state index contributed by atoms with van der Waals surface area (Å²) in [4.78, 5) is 32.1. The van der Waals surface area contributed by atoms with E-state index >= 15 is 0 Å². The summed E-state index contributed by atoms with van der Waals surface area (Å²) in [6, 6.07) is 16.2. The van der Waals surface area contributed by atoms with Crippen LogP contribution >= 0.6 is 0 Å². The Kier molecular flexibility index (Phi) is 10.7. The number of fused-ring (bicyclic) bond motifs is 1. The second-order valence-electron chi connectivity index (χ2n) is 11.6. The summed E-state index contributed by atoms with van der Waals surface area (Å²) in [7, 11) is 5.43. The van der Waals surface area contributed by atoms with Crippen LogP contribution in [0.3, 0.4) is 0 Å². The lowest BCUT2D eigenvalue weighted by atomic mass is 10.0. The number of carbonyl (C=O) groups excluding carboxylic acids is 2. The van der Waals surface area contributed by atoms with Gasteiger partial charge in [-0.25, -0.2) is 4.98 Å². The molecule has 0 fully saturated rings. The van der Waals surface area contributed by atoms with E-state index in [9.17, 15) is 14.9 Å². The van der Waals surface area contributed by atoms with Crippen molar-refractivity contribution < 1.29 is 19.1 Å². The number of nitrogens with zero attached hydrogens (tertiary/aromatic N) is 4. The average molecular weight is 609 g/mol. The number of hydrogen-bond acceptors (Lipinski definition) is 8. The monoisotopic (exact) mass is 608 g/mol. The number of hydrogen-bond donors (Lipinski definition) is 2. The third-order valence-corrected chi connectivity index (χ3v) is 7.16. The van der Waals surface area contributed by atoms with Crippen LogP contribution in [0.4, 0.5) is 5.69 Å². The molecule has 0 radical (unpaired) electrons. The highest BCUT2D eigenvalue weighted by atomic mass is 16.6. The fourth-order valence-electron chi connectivity index (χ4n) is 4.98. The number of esters is 1. The largest absolute Gasteiger partial charge is 0.497 e. The highest BCUT2D eigenvalue weighted by Gasteiger charge is 2.23. The third kappa shape index (κ3) is 8.35. The standard InChI is InChI=1S/C35H40N6O4/c1-22(2)13-32(37)35(43)45-23(3)41-21-31(25-10-7-9-24(14-25)19-36)30-17-27(20-38-34(30)41)26-15-28(18-29(16-26)44-6)39-33(42)11-8-12-40(4)5/h7-11,14-18,20-23,32H,12-13,37H2,1-6H3,(H,39,42)/b11-8+. The number of ether oxygens (including phenoxy) is 2. The fourth-order valence-corrected chi connectivity index (χ4v) is 4.98. The highest BCUT2D eigenvalue weighted by molar-refractivity contribution is 6.00. The molecule has 3 N–H and O–H groups in total. The maximum Gasteiger partial charge on any atom is 0.324 e. The number of benzene rings is 2. The van der Waals surface area contributed by atoms with Crippen molar-refractivity contribution in [3.05, 3.63) is 78.6 Å². The molecule has 2 unspecified atom stereocenters. The zero-order valence-electron chi connectivity index (χ0n) is 26.6. The molecule has 2 aromatic heterocycles. The van der Waals surface area contributed by atoms with Gasteiger partial charge in [0.05, 0.1) is 18.7 Å². The number of rotatable bonds is 12. The maximum atomic E-state index is 12.8. The van der Waals surface area contributed by atoms with E-state index in [2.05, 4.69) is 11.4 Å². The van der Waals surface area contributed by atoms with Gasteiger partial charge >= 0.3 is 5.97 Å². The van der Waals surface area contributed by atoms with Crippen molar-refractivity contribution in [1.29, 1.82) is 5.26 Å². The molecule has 0 aliphatic carbocycles. The Morgan fingerprint density at radius 1 is 1.11 bits per heavy atom. The minimum atomic E-state index is -0.730. The molecule has 0 spiro atoms. The Morgan fingerprint density at radius 3 is 2.58 bits per heavy atom. The van der Waals surface area contributed by atoms with Gasteiger partial charge in [0.1, 0.15) is 17.4 Å². The number of amides is 1. The maximum absolute atomic E-state index is 12.8. The lowest BCUT2D eigenvalue weighted by Crippen LogP contribution is -2.34. The average Bonchev–Trinajstić information content (AvgIpc) is 3.39. The summed E-state index contributed by atoms with van der Waals surface area (Å²) in [5, 5.41) is 13.2. The Balaban J connectivity index is 1.77. The van der Waals surface area contributed by atoms with E-state index in [0.717, 1.165) is 27.6 Å². The first kappa shape index (κ1) is 32.9. The zero-order valence-corrected chi connectivity index (χ0v) is 26.6. The number of pyridine rings is 1. The van der Waals surface area contributed by atoms with Crippen LogP contribution < -0.4 is 15.8 Å². The molecule has 2 atom stereocenters. The van der Waals surface area contributed by atoms with Crippen molar-refractivity contribution >= 4 is 28.6 Å². The number of methoxy groups -OCH3 is 1. The second kappa shape index (κ2) is 14.7. The first-order chi connectivity index (χ1) is 21.5. The van der Waals surface area contributed by atoms with Crippen LogP contribution in [0, 0.1) is 17.2 Å². The molecule has 0 bridgehead atoms.